The van der Waals surface area contributed by atoms with E-state index < -0.39 is 0 Å². The Morgan fingerprint density at radius 3 is 2.81 bits per heavy atom. The lowest BCUT2D eigenvalue weighted by Gasteiger charge is -2.17. The van der Waals surface area contributed by atoms with E-state index in [9.17, 15) is 0 Å². The Hall–Kier alpha value is -0.740. The van der Waals surface area contributed by atoms with Crippen LogP contribution in [0.4, 0.5) is 0 Å². The molecule has 3 nitrogen and oxygen atoms in total. The van der Waals surface area contributed by atoms with Crippen molar-refractivity contribution in [2.24, 2.45) is 17.8 Å². The molecule has 1 aliphatic heterocycles. The van der Waals surface area contributed by atoms with E-state index in [2.05, 4.69) is 30.7 Å². The minimum Gasteiger partial charge on any atom is -0.492 e. The van der Waals surface area contributed by atoms with Crippen molar-refractivity contribution in [3.05, 3.63) is 18.3 Å². The summed E-state index contributed by atoms with van der Waals surface area (Å²) in [5.41, 5.74) is 0. The van der Waals surface area contributed by atoms with Gasteiger partial charge in [-0.2, -0.15) is 0 Å². The van der Waals surface area contributed by atoms with Crippen molar-refractivity contribution in [1.29, 1.82) is 0 Å². The molecule has 2 rings (SSSR count). The summed E-state index contributed by atoms with van der Waals surface area (Å²) in [4.78, 5) is 6.94. The molecule has 0 aromatic carbocycles. The third-order valence-electron chi connectivity index (χ3n) is 4.25. The van der Waals surface area contributed by atoms with Crippen LogP contribution in [0.25, 0.3) is 0 Å². The Morgan fingerprint density at radius 2 is 2.19 bits per heavy atom. The van der Waals surface area contributed by atoms with E-state index in [0.717, 1.165) is 29.2 Å². The third kappa shape index (κ3) is 5.19. The van der Waals surface area contributed by atoms with Crippen molar-refractivity contribution >= 4 is 11.8 Å². The van der Waals surface area contributed by atoms with Gasteiger partial charge in [0.05, 0.1) is 17.8 Å². The Labute approximate surface area is 133 Å². The van der Waals surface area contributed by atoms with Crippen LogP contribution in [-0.2, 0) is 0 Å². The van der Waals surface area contributed by atoms with Crippen molar-refractivity contribution in [1.82, 2.24) is 9.88 Å². The molecule has 1 aromatic heterocycles. The summed E-state index contributed by atoms with van der Waals surface area (Å²) in [6.45, 7) is 11.4. The highest BCUT2D eigenvalue weighted by Gasteiger charge is 2.29. The summed E-state index contributed by atoms with van der Waals surface area (Å²) in [6.07, 6.45) is 5.16. The molecule has 0 aliphatic carbocycles. The van der Waals surface area contributed by atoms with Gasteiger partial charge in [0.15, 0.2) is 0 Å². The number of nitrogens with zero attached hydrogens (tertiary/aromatic N) is 2. The summed E-state index contributed by atoms with van der Waals surface area (Å²) in [7, 11) is 0. The SMILES string of the molecule is CSc1ccc(OCC2CN(CCC(C)C)CC2C)cn1. The molecule has 21 heavy (non-hydrogen) atoms. The standard InChI is InChI=1S/C17H28N2OS/c1-13(2)7-8-19-10-14(3)15(11-19)12-20-16-5-6-17(21-4)18-9-16/h5-6,9,13-15H,7-8,10-12H2,1-4H3. The van der Waals surface area contributed by atoms with Gasteiger partial charge in [-0.15, -0.1) is 11.8 Å². The molecule has 118 valence electrons. The highest BCUT2D eigenvalue weighted by Crippen LogP contribution is 2.25. The first-order chi connectivity index (χ1) is 10.1. The fourth-order valence-corrected chi connectivity index (χ4v) is 3.12. The number of thioether (sulfide) groups is 1. The molecule has 0 amide bonds. The van der Waals surface area contributed by atoms with E-state index in [1.165, 1.54) is 26.1 Å². The van der Waals surface area contributed by atoms with Crippen molar-refractivity contribution in [3.8, 4) is 5.75 Å². The molecule has 1 aromatic rings. The fourth-order valence-electron chi connectivity index (χ4n) is 2.76. The lowest BCUT2D eigenvalue weighted by Crippen LogP contribution is -2.24. The van der Waals surface area contributed by atoms with Gasteiger partial charge in [0.25, 0.3) is 0 Å². The number of likely N-dealkylation sites (tertiary alicyclic amines) is 1. The zero-order valence-corrected chi connectivity index (χ0v) is 14.5. The van der Waals surface area contributed by atoms with Crippen molar-refractivity contribution in [2.75, 3.05) is 32.5 Å². The molecule has 0 saturated carbocycles. The highest BCUT2D eigenvalue weighted by molar-refractivity contribution is 7.98. The molecule has 0 N–H and O–H groups in total. The highest BCUT2D eigenvalue weighted by atomic mass is 32.2. The molecular formula is C17H28N2OS. The van der Waals surface area contributed by atoms with Gasteiger partial charge in [-0.05, 0) is 43.2 Å². The minimum atomic E-state index is 0.636. The summed E-state index contributed by atoms with van der Waals surface area (Å²) < 4.78 is 5.94. The van der Waals surface area contributed by atoms with Gasteiger partial charge in [0.2, 0.25) is 0 Å². The van der Waals surface area contributed by atoms with Gasteiger partial charge in [-0.3, -0.25) is 0 Å². The zero-order chi connectivity index (χ0) is 15.2. The molecular weight excluding hydrogens is 280 g/mol. The number of ether oxygens (including phenoxy) is 1. The molecule has 2 unspecified atom stereocenters. The maximum Gasteiger partial charge on any atom is 0.137 e. The van der Waals surface area contributed by atoms with Crippen LogP contribution in [0, 0.1) is 17.8 Å². The maximum atomic E-state index is 5.94. The van der Waals surface area contributed by atoms with E-state index in [0.29, 0.717) is 5.92 Å². The van der Waals surface area contributed by atoms with E-state index >= 15 is 0 Å². The Bertz CT molecular complexity index is 421. The maximum absolute atomic E-state index is 5.94. The number of rotatable bonds is 7. The first-order valence-corrected chi connectivity index (χ1v) is 9.16. The Morgan fingerprint density at radius 1 is 1.38 bits per heavy atom. The molecule has 4 heteroatoms. The van der Waals surface area contributed by atoms with Crippen LogP contribution < -0.4 is 4.74 Å². The van der Waals surface area contributed by atoms with Gasteiger partial charge in [-0.1, -0.05) is 20.8 Å². The third-order valence-corrected chi connectivity index (χ3v) is 4.91. The second-order valence-corrected chi connectivity index (χ2v) is 7.35. The van der Waals surface area contributed by atoms with Crippen molar-refractivity contribution in [3.63, 3.8) is 0 Å². The molecule has 2 heterocycles. The Balaban J connectivity index is 1.77. The molecule has 2 atom stereocenters. The second-order valence-electron chi connectivity index (χ2n) is 6.53. The lowest BCUT2D eigenvalue weighted by atomic mass is 9.99. The van der Waals surface area contributed by atoms with Gasteiger partial charge in [0.1, 0.15) is 5.75 Å². The minimum absolute atomic E-state index is 0.636. The topological polar surface area (TPSA) is 25.4 Å². The number of pyridine rings is 1. The van der Waals surface area contributed by atoms with Crippen molar-refractivity contribution in [2.45, 2.75) is 32.2 Å². The smallest absolute Gasteiger partial charge is 0.137 e. The van der Waals surface area contributed by atoms with E-state index in [1.807, 2.05) is 24.6 Å². The fraction of sp³-hybridized carbons (Fsp3) is 0.706. The molecule has 1 saturated heterocycles. The molecule has 0 radical (unpaired) electrons. The number of aromatic nitrogens is 1. The average Bonchev–Trinajstić information content (AvgIpc) is 2.84. The monoisotopic (exact) mass is 308 g/mol. The molecule has 1 fully saturated rings. The van der Waals surface area contributed by atoms with Crippen LogP contribution in [0.1, 0.15) is 27.2 Å². The number of hydrogen-bond donors (Lipinski definition) is 0. The lowest BCUT2D eigenvalue weighted by molar-refractivity contribution is 0.223. The quantitative estimate of drug-likeness (QED) is 0.716. The summed E-state index contributed by atoms with van der Waals surface area (Å²) in [5, 5.41) is 1.04. The van der Waals surface area contributed by atoms with E-state index in [1.54, 1.807) is 11.8 Å². The van der Waals surface area contributed by atoms with Crippen LogP contribution in [-0.4, -0.2) is 42.4 Å². The van der Waals surface area contributed by atoms with Gasteiger partial charge >= 0.3 is 0 Å². The second kappa shape index (κ2) is 8.04. The first-order valence-electron chi connectivity index (χ1n) is 7.93. The van der Waals surface area contributed by atoms with Crippen molar-refractivity contribution < 1.29 is 4.74 Å². The normalized spacial score (nSPS) is 22.9. The largest absolute Gasteiger partial charge is 0.492 e. The van der Waals surface area contributed by atoms with Crippen LogP contribution in [0.15, 0.2) is 23.4 Å². The zero-order valence-electron chi connectivity index (χ0n) is 13.7. The van der Waals surface area contributed by atoms with E-state index in [-0.39, 0.29) is 0 Å². The van der Waals surface area contributed by atoms with Gasteiger partial charge in [0, 0.05) is 19.0 Å². The van der Waals surface area contributed by atoms with Crippen LogP contribution in [0.3, 0.4) is 0 Å². The molecule has 0 spiro atoms. The van der Waals surface area contributed by atoms with Crippen LogP contribution in [0.2, 0.25) is 0 Å². The average molecular weight is 308 g/mol. The predicted molar refractivity (Wildman–Crippen MR) is 90.1 cm³/mol. The van der Waals surface area contributed by atoms with Gasteiger partial charge in [-0.25, -0.2) is 4.98 Å². The summed E-state index contributed by atoms with van der Waals surface area (Å²) >= 11 is 1.66. The number of hydrogen-bond acceptors (Lipinski definition) is 4. The van der Waals surface area contributed by atoms with Crippen LogP contribution in [0.5, 0.6) is 5.75 Å². The molecule has 0 bridgehead atoms. The predicted octanol–water partition coefficient (Wildman–Crippen LogP) is 3.80. The Kier molecular flexibility index (Phi) is 6.37. The van der Waals surface area contributed by atoms with E-state index in [4.69, 9.17) is 4.74 Å². The molecule has 1 aliphatic rings. The summed E-state index contributed by atoms with van der Waals surface area (Å²) in [5.74, 6) is 3.03. The van der Waals surface area contributed by atoms with Gasteiger partial charge < -0.3 is 9.64 Å². The summed E-state index contributed by atoms with van der Waals surface area (Å²) in [6, 6.07) is 4.04. The first kappa shape index (κ1) is 16.6. The van der Waals surface area contributed by atoms with Crippen LogP contribution >= 0.6 is 11.8 Å².